The maximum absolute atomic E-state index is 12.3. The molecule has 0 aliphatic heterocycles. The van der Waals surface area contributed by atoms with Crippen LogP contribution < -0.4 is 10.1 Å². The van der Waals surface area contributed by atoms with Gasteiger partial charge in [-0.3, -0.25) is 9.59 Å². The van der Waals surface area contributed by atoms with Crippen molar-refractivity contribution in [3.8, 4) is 5.75 Å². The van der Waals surface area contributed by atoms with Crippen molar-refractivity contribution in [2.75, 3.05) is 12.4 Å². The molecule has 2 aromatic rings. The molecule has 2 atom stereocenters. The first-order valence-corrected chi connectivity index (χ1v) is 8.60. The van der Waals surface area contributed by atoms with Crippen molar-refractivity contribution in [2.45, 2.75) is 39.2 Å². The molecular weight excluding hydrogens is 330 g/mol. The molecule has 0 bridgehead atoms. The number of benzene rings is 2. The lowest BCUT2D eigenvalue weighted by Gasteiger charge is -2.17. The largest absolute Gasteiger partial charge is 0.495 e. The molecular formula is C21H25NO4. The smallest absolute Gasteiger partial charge is 0.307 e. The second-order valence-electron chi connectivity index (χ2n) is 6.34. The Hall–Kier alpha value is -2.82. The molecule has 0 aliphatic carbocycles. The van der Waals surface area contributed by atoms with Gasteiger partial charge in [-0.15, -0.1) is 0 Å². The van der Waals surface area contributed by atoms with E-state index >= 15 is 0 Å². The van der Waals surface area contributed by atoms with Crippen molar-refractivity contribution < 1.29 is 19.1 Å². The summed E-state index contributed by atoms with van der Waals surface area (Å²) in [5.74, 6) is -0.217. The van der Waals surface area contributed by atoms with E-state index in [2.05, 4.69) is 5.32 Å². The van der Waals surface area contributed by atoms with Crippen LogP contribution in [0, 0.1) is 6.92 Å². The lowest BCUT2D eigenvalue weighted by atomic mass is 9.98. The number of ether oxygens (including phenoxy) is 2. The Morgan fingerprint density at radius 1 is 1.08 bits per heavy atom. The number of anilines is 1. The van der Waals surface area contributed by atoms with Gasteiger partial charge in [-0.05, 0) is 43.0 Å². The van der Waals surface area contributed by atoms with Gasteiger partial charge in [0.15, 0.2) is 6.10 Å². The van der Waals surface area contributed by atoms with Gasteiger partial charge in [0, 0.05) is 0 Å². The van der Waals surface area contributed by atoms with E-state index in [4.69, 9.17) is 9.47 Å². The molecule has 0 heterocycles. The number of nitrogens with one attached hydrogen (secondary N) is 1. The summed E-state index contributed by atoms with van der Waals surface area (Å²) in [6, 6.07) is 15.2. The van der Waals surface area contributed by atoms with E-state index in [0.717, 1.165) is 11.1 Å². The fourth-order valence-electron chi connectivity index (χ4n) is 2.60. The maximum atomic E-state index is 12.3. The number of carbonyl (C=O) groups is 2. The molecule has 5 heteroatoms. The Morgan fingerprint density at radius 3 is 2.42 bits per heavy atom. The van der Waals surface area contributed by atoms with Crippen LogP contribution in [0.2, 0.25) is 0 Å². The Morgan fingerprint density at radius 2 is 1.77 bits per heavy atom. The minimum atomic E-state index is -0.893. The molecule has 0 saturated heterocycles. The van der Waals surface area contributed by atoms with E-state index in [-0.39, 0.29) is 12.3 Å². The minimum Gasteiger partial charge on any atom is -0.495 e. The van der Waals surface area contributed by atoms with Gasteiger partial charge in [-0.1, -0.05) is 43.3 Å². The van der Waals surface area contributed by atoms with E-state index in [9.17, 15) is 9.59 Å². The molecule has 26 heavy (non-hydrogen) atoms. The van der Waals surface area contributed by atoms with Crippen molar-refractivity contribution in [3.05, 3.63) is 59.7 Å². The summed E-state index contributed by atoms with van der Waals surface area (Å²) in [5, 5.41) is 2.75. The van der Waals surface area contributed by atoms with Gasteiger partial charge >= 0.3 is 5.97 Å². The van der Waals surface area contributed by atoms with E-state index in [0.29, 0.717) is 11.4 Å². The van der Waals surface area contributed by atoms with Crippen LogP contribution in [0.15, 0.2) is 48.5 Å². The lowest BCUT2D eigenvalue weighted by Crippen LogP contribution is -2.30. The van der Waals surface area contributed by atoms with Gasteiger partial charge in [0.1, 0.15) is 5.75 Å². The van der Waals surface area contributed by atoms with Gasteiger partial charge in [-0.25, -0.2) is 0 Å². The molecule has 0 saturated carbocycles. The predicted octanol–water partition coefficient (Wildman–Crippen LogP) is 4.07. The van der Waals surface area contributed by atoms with Crippen LogP contribution in [-0.4, -0.2) is 25.1 Å². The monoisotopic (exact) mass is 355 g/mol. The van der Waals surface area contributed by atoms with E-state index in [1.165, 1.54) is 7.11 Å². The Bertz CT molecular complexity index is 758. The first kappa shape index (κ1) is 19.5. The molecule has 0 radical (unpaired) electrons. The standard InChI is InChI=1S/C21H25NO4/c1-14-10-11-19(25-4)18(12-14)22-21(24)16(3)26-20(23)13-15(2)17-8-6-5-7-9-17/h5-12,15-16H,13H2,1-4H3,(H,22,24)/t15-,16-/m0/s1. The highest BCUT2D eigenvalue weighted by Gasteiger charge is 2.21. The summed E-state index contributed by atoms with van der Waals surface area (Å²) < 4.78 is 10.5. The van der Waals surface area contributed by atoms with Gasteiger partial charge in [0.2, 0.25) is 0 Å². The Balaban J connectivity index is 1.92. The van der Waals surface area contributed by atoms with E-state index in [1.54, 1.807) is 13.0 Å². The summed E-state index contributed by atoms with van der Waals surface area (Å²) in [7, 11) is 1.54. The Kier molecular flexibility index (Phi) is 6.78. The van der Waals surface area contributed by atoms with Crippen molar-refractivity contribution >= 4 is 17.6 Å². The van der Waals surface area contributed by atoms with Crippen molar-refractivity contribution in [1.82, 2.24) is 0 Å². The van der Waals surface area contributed by atoms with Crippen molar-refractivity contribution in [1.29, 1.82) is 0 Å². The topological polar surface area (TPSA) is 64.6 Å². The second-order valence-corrected chi connectivity index (χ2v) is 6.34. The first-order valence-electron chi connectivity index (χ1n) is 8.60. The molecule has 5 nitrogen and oxygen atoms in total. The summed E-state index contributed by atoms with van der Waals surface area (Å²) >= 11 is 0. The fourth-order valence-corrected chi connectivity index (χ4v) is 2.60. The average molecular weight is 355 g/mol. The third-order valence-electron chi connectivity index (χ3n) is 4.13. The van der Waals surface area contributed by atoms with E-state index in [1.807, 2.05) is 56.3 Å². The van der Waals surface area contributed by atoms with Crippen LogP contribution in [-0.2, 0) is 14.3 Å². The number of aryl methyl sites for hydroxylation is 1. The normalized spacial score (nSPS) is 12.8. The lowest BCUT2D eigenvalue weighted by molar-refractivity contribution is -0.153. The summed E-state index contributed by atoms with van der Waals surface area (Å²) in [6.07, 6.45) is -0.675. The van der Waals surface area contributed by atoms with Crippen LogP contribution in [0.3, 0.4) is 0 Å². The van der Waals surface area contributed by atoms with Crippen molar-refractivity contribution in [3.63, 3.8) is 0 Å². The summed E-state index contributed by atoms with van der Waals surface area (Å²) in [5.41, 5.74) is 2.60. The van der Waals surface area contributed by atoms with Gasteiger partial charge in [0.05, 0.1) is 19.2 Å². The van der Waals surface area contributed by atoms with Gasteiger partial charge < -0.3 is 14.8 Å². The summed E-state index contributed by atoms with van der Waals surface area (Å²) in [6.45, 7) is 5.44. The second kappa shape index (κ2) is 9.04. The van der Waals surface area contributed by atoms with Crippen molar-refractivity contribution in [2.24, 2.45) is 0 Å². The molecule has 1 N–H and O–H groups in total. The van der Waals surface area contributed by atoms with Gasteiger partial charge in [-0.2, -0.15) is 0 Å². The highest BCUT2D eigenvalue weighted by atomic mass is 16.5. The number of hydrogen-bond acceptors (Lipinski definition) is 4. The van der Waals surface area contributed by atoms with Crippen LogP contribution >= 0.6 is 0 Å². The molecule has 2 aromatic carbocycles. The van der Waals surface area contributed by atoms with Gasteiger partial charge in [0.25, 0.3) is 5.91 Å². The molecule has 0 unspecified atom stereocenters. The molecule has 2 rings (SSSR count). The molecule has 0 aliphatic rings. The van der Waals surface area contributed by atoms with Crippen LogP contribution in [0.5, 0.6) is 5.75 Å². The number of methoxy groups -OCH3 is 1. The molecule has 138 valence electrons. The van der Waals surface area contributed by atoms with E-state index < -0.39 is 18.0 Å². The number of hydrogen-bond donors (Lipinski definition) is 1. The molecule has 0 aromatic heterocycles. The minimum absolute atomic E-state index is 0.0239. The van der Waals surface area contributed by atoms with Crippen LogP contribution in [0.4, 0.5) is 5.69 Å². The first-order chi connectivity index (χ1) is 12.4. The highest BCUT2D eigenvalue weighted by Crippen LogP contribution is 2.25. The number of rotatable bonds is 7. The molecule has 0 fully saturated rings. The van der Waals surface area contributed by atoms with Crippen LogP contribution in [0.1, 0.15) is 37.3 Å². The molecule has 1 amide bonds. The Labute approximate surface area is 154 Å². The number of esters is 1. The third kappa shape index (κ3) is 5.34. The average Bonchev–Trinajstić information content (AvgIpc) is 2.62. The third-order valence-corrected chi connectivity index (χ3v) is 4.13. The number of amides is 1. The zero-order valence-corrected chi connectivity index (χ0v) is 15.6. The molecule has 0 spiro atoms. The number of carbonyl (C=O) groups excluding carboxylic acids is 2. The highest BCUT2D eigenvalue weighted by molar-refractivity contribution is 5.96. The fraction of sp³-hybridized carbons (Fsp3) is 0.333. The predicted molar refractivity (Wildman–Crippen MR) is 101 cm³/mol. The van der Waals surface area contributed by atoms with Crippen LogP contribution in [0.25, 0.3) is 0 Å². The SMILES string of the molecule is COc1ccc(C)cc1NC(=O)[C@H](C)OC(=O)C[C@H](C)c1ccccc1. The quantitative estimate of drug-likeness (QED) is 0.761. The summed E-state index contributed by atoms with van der Waals surface area (Å²) in [4.78, 5) is 24.5. The zero-order chi connectivity index (χ0) is 19.1. The maximum Gasteiger partial charge on any atom is 0.307 e. The zero-order valence-electron chi connectivity index (χ0n) is 15.6.